The Kier molecular flexibility index (Phi) is 7.10. The van der Waals surface area contributed by atoms with Crippen molar-refractivity contribution < 1.29 is 4.79 Å². The Morgan fingerprint density at radius 2 is 1.86 bits per heavy atom. The predicted molar refractivity (Wildman–Crippen MR) is 115 cm³/mol. The van der Waals surface area contributed by atoms with Crippen molar-refractivity contribution in [2.24, 2.45) is 13.0 Å². The van der Waals surface area contributed by atoms with Gasteiger partial charge in [-0.3, -0.25) is 4.79 Å². The van der Waals surface area contributed by atoms with Gasteiger partial charge in [-0.2, -0.15) is 0 Å². The Hall–Kier alpha value is -2.95. The first-order chi connectivity index (χ1) is 13.4. The number of hydrogen-bond acceptors (Lipinski definition) is 3. The summed E-state index contributed by atoms with van der Waals surface area (Å²) < 4.78 is 1.76. The molecule has 0 fully saturated rings. The summed E-state index contributed by atoms with van der Waals surface area (Å²) in [6.07, 6.45) is 4.67. The molecule has 1 amide bonds. The summed E-state index contributed by atoms with van der Waals surface area (Å²) in [5, 5.41) is 8.54. The Morgan fingerprint density at radius 3 is 2.43 bits per heavy atom. The molecule has 0 radical (unpaired) electrons. The van der Waals surface area contributed by atoms with E-state index in [4.69, 9.17) is 0 Å². The number of amides is 1. The highest BCUT2D eigenvalue weighted by atomic mass is 16.2. The van der Waals surface area contributed by atoms with Gasteiger partial charge in [0.25, 0.3) is 0 Å². The fourth-order valence-corrected chi connectivity index (χ4v) is 3.18. The minimum absolute atomic E-state index is 0.0383. The van der Waals surface area contributed by atoms with Gasteiger partial charge in [0.1, 0.15) is 5.69 Å². The van der Waals surface area contributed by atoms with Gasteiger partial charge in [-0.05, 0) is 11.6 Å². The standard InChI is InChI=1S/C20H22N4O.C3H8/c1-6-15-17(7-2)24(20(25)13(3)4)12-14-10-8-9-11-16(14)19-18(15)21-22-23(19)5;1-3-2/h6-11,13H,1-2,12H2,3-5H3;3H2,1-2H3/b17-15-;. The van der Waals surface area contributed by atoms with Gasteiger partial charge >= 0.3 is 0 Å². The molecule has 5 heteroatoms. The molecule has 0 aliphatic carbocycles. The SMILES string of the molecule is C=C/C1=C(\C=C)N(C(=O)C(C)C)Cc2ccccc2-c2c1nnn2C.CCC. The lowest BCUT2D eigenvalue weighted by molar-refractivity contribution is -0.132. The molecule has 1 aromatic carbocycles. The number of rotatable bonds is 3. The third-order valence-electron chi connectivity index (χ3n) is 4.41. The second kappa shape index (κ2) is 9.31. The molecule has 0 saturated heterocycles. The van der Waals surface area contributed by atoms with E-state index in [0.717, 1.165) is 22.4 Å². The van der Waals surface area contributed by atoms with Gasteiger partial charge in [-0.15, -0.1) is 5.10 Å². The monoisotopic (exact) mass is 378 g/mol. The molecule has 3 rings (SSSR count). The van der Waals surface area contributed by atoms with Crippen LogP contribution < -0.4 is 0 Å². The zero-order valence-corrected chi connectivity index (χ0v) is 17.6. The lowest BCUT2D eigenvalue weighted by atomic mass is 9.95. The van der Waals surface area contributed by atoms with E-state index in [2.05, 4.69) is 37.3 Å². The van der Waals surface area contributed by atoms with Gasteiger partial charge in [-0.1, -0.05) is 82.8 Å². The van der Waals surface area contributed by atoms with Crippen molar-refractivity contribution >= 4 is 11.5 Å². The van der Waals surface area contributed by atoms with Gasteiger partial charge in [0.05, 0.1) is 17.9 Å². The average Bonchev–Trinajstić information content (AvgIpc) is 3.04. The van der Waals surface area contributed by atoms with Crippen LogP contribution in [0.15, 0.2) is 55.3 Å². The third-order valence-corrected chi connectivity index (χ3v) is 4.41. The topological polar surface area (TPSA) is 51.0 Å². The van der Waals surface area contributed by atoms with E-state index < -0.39 is 0 Å². The van der Waals surface area contributed by atoms with Crippen LogP contribution in [-0.2, 0) is 18.4 Å². The van der Waals surface area contributed by atoms with Crippen LogP contribution in [0.1, 0.15) is 45.4 Å². The van der Waals surface area contributed by atoms with Crippen molar-refractivity contribution in [1.29, 1.82) is 0 Å². The number of carbonyl (C=O) groups excluding carboxylic acids is 1. The lowest BCUT2D eigenvalue weighted by Crippen LogP contribution is -2.34. The van der Waals surface area contributed by atoms with Crippen molar-refractivity contribution in [3.05, 3.63) is 66.5 Å². The molecule has 28 heavy (non-hydrogen) atoms. The molecule has 0 spiro atoms. The van der Waals surface area contributed by atoms with Crippen LogP contribution in [0.4, 0.5) is 0 Å². The first kappa shape index (κ1) is 21.4. The fraction of sp³-hybridized carbons (Fsp3) is 0.348. The molecule has 0 N–H and O–H groups in total. The Labute approximate surface area is 168 Å². The normalized spacial score (nSPS) is 15.6. The minimum atomic E-state index is -0.131. The van der Waals surface area contributed by atoms with Crippen LogP contribution in [0.3, 0.4) is 0 Å². The number of fused-ring (bicyclic) bond motifs is 3. The molecule has 148 valence electrons. The Bertz CT molecular complexity index is 905. The van der Waals surface area contributed by atoms with Crippen molar-refractivity contribution in [1.82, 2.24) is 19.9 Å². The number of aromatic nitrogens is 3. The summed E-state index contributed by atoms with van der Waals surface area (Å²) in [5.41, 5.74) is 5.17. The van der Waals surface area contributed by atoms with E-state index in [-0.39, 0.29) is 11.8 Å². The maximum Gasteiger partial charge on any atom is 0.229 e. The summed E-state index contributed by atoms with van der Waals surface area (Å²) in [5.74, 6) is -0.0923. The van der Waals surface area contributed by atoms with E-state index in [1.54, 1.807) is 21.7 Å². The van der Waals surface area contributed by atoms with Crippen molar-refractivity contribution in [2.45, 2.75) is 40.7 Å². The van der Waals surface area contributed by atoms with Gasteiger partial charge in [0.15, 0.2) is 0 Å². The van der Waals surface area contributed by atoms with E-state index in [1.807, 2.05) is 45.2 Å². The van der Waals surface area contributed by atoms with E-state index in [1.165, 1.54) is 6.42 Å². The van der Waals surface area contributed by atoms with Gasteiger partial charge in [0.2, 0.25) is 5.91 Å². The molecule has 2 heterocycles. The summed E-state index contributed by atoms with van der Waals surface area (Å²) >= 11 is 0. The molecular weight excluding hydrogens is 348 g/mol. The van der Waals surface area contributed by atoms with Crippen LogP contribution in [0.5, 0.6) is 0 Å². The highest BCUT2D eigenvalue weighted by molar-refractivity contribution is 5.90. The average molecular weight is 379 g/mol. The first-order valence-corrected chi connectivity index (χ1v) is 9.69. The number of nitrogens with zero attached hydrogens (tertiary/aromatic N) is 4. The van der Waals surface area contributed by atoms with E-state index in [9.17, 15) is 4.79 Å². The van der Waals surface area contributed by atoms with Crippen LogP contribution in [0.25, 0.3) is 16.8 Å². The number of allylic oxidation sites excluding steroid dienone is 3. The molecule has 0 unspecified atom stereocenters. The van der Waals surface area contributed by atoms with Crippen LogP contribution in [0, 0.1) is 5.92 Å². The third kappa shape index (κ3) is 3.98. The lowest BCUT2D eigenvalue weighted by Gasteiger charge is -2.30. The fourth-order valence-electron chi connectivity index (χ4n) is 3.18. The molecule has 1 aliphatic rings. The van der Waals surface area contributed by atoms with Crippen LogP contribution >= 0.6 is 0 Å². The summed E-state index contributed by atoms with van der Waals surface area (Å²) in [6.45, 7) is 16.4. The van der Waals surface area contributed by atoms with Gasteiger partial charge in [-0.25, -0.2) is 4.68 Å². The van der Waals surface area contributed by atoms with Crippen molar-refractivity contribution in [3.63, 3.8) is 0 Å². The second-order valence-electron chi connectivity index (χ2n) is 7.06. The minimum Gasteiger partial charge on any atom is -0.307 e. The summed E-state index contributed by atoms with van der Waals surface area (Å²) in [4.78, 5) is 14.7. The highest BCUT2D eigenvalue weighted by Crippen LogP contribution is 2.36. The molecular formula is C23H30N4O. The van der Waals surface area contributed by atoms with E-state index >= 15 is 0 Å². The largest absolute Gasteiger partial charge is 0.307 e. The van der Waals surface area contributed by atoms with Gasteiger partial charge in [0, 0.05) is 24.1 Å². The predicted octanol–water partition coefficient (Wildman–Crippen LogP) is 4.98. The quantitative estimate of drug-likeness (QED) is 0.757. The molecule has 0 saturated carbocycles. The zero-order valence-electron chi connectivity index (χ0n) is 17.6. The molecule has 5 nitrogen and oxygen atoms in total. The number of carbonyl (C=O) groups is 1. The molecule has 1 aromatic heterocycles. The molecule has 2 aromatic rings. The van der Waals surface area contributed by atoms with Crippen LogP contribution in [0.2, 0.25) is 0 Å². The number of hydrogen-bond donors (Lipinski definition) is 0. The summed E-state index contributed by atoms with van der Waals surface area (Å²) in [7, 11) is 1.87. The van der Waals surface area contributed by atoms with Gasteiger partial charge < -0.3 is 4.90 Å². The Morgan fingerprint density at radius 1 is 1.21 bits per heavy atom. The maximum atomic E-state index is 12.9. The van der Waals surface area contributed by atoms with Crippen LogP contribution in [-0.4, -0.2) is 25.8 Å². The molecule has 0 atom stereocenters. The summed E-state index contributed by atoms with van der Waals surface area (Å²) in [6, 6.07) is 8.03. The molecule has 1 aliphatic heterocycles. The smallest absolute Gasteiger partial charge is 0.229 e. The second-order valence-corrected chi connectivity index (χ2v) is 7.06. The number of benzene rings is 1. The van der Waals surface area contributed by atoms with Crippen molar-refractivity contribution in [2.75, 3.05) is 0 Å². The maximum absolute atomic E-state index is 12.9. The molecule has 0 bridgehead atoms. The van der Waals surface area contributed by atoms with E-state index in [0.29, 0.717) is 17.9 Å². The number of aryl methyl sites for hydroxylation is 1. The first-order valence-electron chi connectivity index (χ1n) is 9.69. The zero-order chi connectivity index (χ0) is 20.8. The Balaban J connectivity index is 0.000000878. The highest BCUT2D eigenvalue weighted by Gasteiger charge is 2.29. The van der Waals surface area contributed by atoms with Crippen molar-refractivity contribution in [3.8, 4) is 11.3 Å².